The van der Waals surface area contributed by atoms with E-state index in [9.17, 15) is 5.11 Å². The summed E-state index contributed by atoms with van der Waals surface area (Å²) in [6.45, 7) is 5.94. The minimum atomic E-state index is 0.290. The Balaban J connectivity index is 2.68. The highest BCUT2D eigenvalue weighted by Crippen LogP contribution is 2.29. The maximum Gasteiger partial charge on any atom is 0.115 e. The molecule has 2 rings (SSSR count). The van der Waals surface area contributed by atoms with E-state index in [2.05, 4.69) is 10.2 Å². The zero-order valence-electron chi connectivity index (χ0n) is 9.65. The molecule has 0 saturated heterocycles. The van der Waals surface area contributed by atoms with Crippen molar-refractivity contribution in [3.63, 3.8) is 0 Å². The quantitative estimate of drug-likeness (QED) is 0.794. The van der Waals surface area contributed by atoms with Crippen LogP contribution in [0.5, 0.6) is 5.75 Å². The first-order chi connectivity index (χ1) is 7.59. The number of benzene rings is 1. The number of hydrogen-bond donors (Lipinski definition) is 1. The molecule has 1 N–H and O–H groups in total. The van der Waals surface area contributed by atoms with E-state index in [0.717, 1.165) is 27.9 Å². The van der Waals surface area contributed by atoms with Crippen molar-refractivity contribution in [1.82, 2.24) is 10.2 Å². The van der Waals surface area contributed by atoms with Crippen LogP contribution in [0.15, 0.2) is 24.4 Å². The lowest BCUT2D eigenvalue weighted by molar-refractivity contribution is 0.475. The number of nitrogens with zero attached hydrogens (tertiary/aromatic N) is 2. The molecule has 0 fully saturated rings. The van der Waals surface area contributed by atoms with Gasteiger partial charge in [0.15, 0.2) is 0 Å². The van der Waals surface area contributed by atoms with Crippen LogP contribution in [-0.4, -0.2) is 15.3 Å². The molecule has 0 amide bonds. The smallest absolute Gasteiger partial charge is 0.115 e. The van der Waals surface area contributed by atoms with E-state index in [-0.39, 0.29) is 0 Å². The minimum absolute atomic E-state index is 0.290. The molecule has 0 aliphatic carbocycles. The van der Waals surface area contributed by atoms with Gasteiger partial charge >= 0.3 is 0 Å². The number of hydrogen-bond acceptors (Lipinski definition) is 3. The lowest BCUT2D eigenvalue weighted by atomic mass is 9.96. The summed E-state index contributed by atoms with van der Waals surface area (Å²) in [5.74, 6) is 0.290. The van der Waals surface area contributed by atoms with Gasteiger partial charge in [-0.3, -0.25) is 0 Å². The molecule has 0 aliphatic heterocycles. The second-order valence-corrected chi connectivity index (χ2v) is 3.99. The second-order valence-electron chi connectivity index (χ2n) is 3.99. The summed E-state index contributed by atoms with van der Waals surface area (Å²) in [5.41, 5.74) is 5.25. The fourth-order valence-electron chi connectivity index (χ4n) is 1.94. The molecule has 0 atom stereocenters. The predicted molar refractivity (Wildman–Crippen MR) is 63.3 cm³/mol. The molecule has 0 saturated carbocycles. The summed E-state index contributed by atoms with van der Waals surface area (Å²) in [6, 6.07) is 5.37. The maximum absolute atomic E-state index is 9.40. The number of phenols is 1. The van der Waals surface area contributed by atoms with E-state index < -0.39 is 0 Å². The number of aromatic nitrogens is 2. The molecule has 1 aromatic carbocycles. The van der Waals surface area contributed by atoms with Gasteiger partial charge in [-0.2, -0.15) is 10.2 Å². The number of phenolic OH excluding ortho intramolecular Hbond substituents is 1. The van der Waals surface area contributed by atoms with Gasteiger partial charge in [0.1, 0.15) is 5.75 Å². The largest absolute Gasteiger partial charge is 0.508 e. The molecule has 2 aromatic rings. The van der Waals surface area contributed by atoms with Gasteiger partial charge in [0.2, 0.25) is 0 Å². The molecule has 1 heterocycles. The second kappa shape index (κ2) is 3.93. The van der Waals surface area contributed by atoms with E-state index in [1.165, 1.54) is 0 Å². The van der Waals surface area contributed by atoms with Gasteiger partial charge in [0.05, 0.1) is 11.9 Å². The first-order valence-electron chi connectivity index (χ1n) is 5.18. The van der Waals surface area contributed by atoms with Gasteiger partial charge < -0.3 is 5.11 Å². The molecular weight excluding hydrogens is 200 g/mol. The van der Waals surface area contributed by atoms with E-state index in [1.807, 2.05) is 26.8 Å². The molecule has 3 heteroatoms. The Hall–Kier alpha value is -1.90. The van der Waals surface area contributed by atoms with E-state index in [4.69, 9.17) is 0 Å². The molecule has 3 nitrogen and oxygen atoms in total. The van der Waals surface area contributed by atoms with Crippen molar-refractivity contribution in [2.24, 2.45) is 0 Å². The summed E-state index contributed by atoms with van der Waals surface area (Å²) in [5, 5.41) is 17.4. The Morgan fingerprint density at radius 2 is 1.81 bits per heavy atom. The first kappa shape index (κ1) is 10.6. The standard InChI is InChI=1S/C13H14N2O/c1-8-6-11(16)4-5-12(8)13-9(2)7-14-15-10(13)3/h4-7,16H,1-3H3. The van der Waals surface area contributed by atoms with Gasteiger partial charge in [-0.15, -0.1) is 0 Å². The SMILES string of the molecule is Cc1cc(O)ccc1-c1c(C)cnnc1C. The van der Waals surface area contributed by atoms with E-state index >= 15 is 0 Å². The summed E-state index contributed by atoms with van der Waals surface area (Å²) < 4.78 is 0. The fourth-order valence-corrected chi connectivity index (χ4v) is 1.94. The molecular formula is C13H14N2O. The molecule has 0 unspecified atom stereocenters. The average Bonchev–Trinajstić information content (AvgIpc) is 2.20. The van der Waals surface area contributed by atoms with Gasteiger partial charge in [-0.05, 0) is 49.6 Å². The molecule has 0 aliphatic rings. The van der Waals surface area contributed by atoms with Crippen LogP contribution in [0.2, 0.25) is 0 Å². The Kier molecular flexibility index (Phi) is 2.60. The van der Waals surface area contributed by atoms with Crippen LogP contribution >= 0.6 is 0 Å². The molecule has 0 spiro atoms. The highest BCUT2D eigenvalue weighted by atomic mass is 16.3. The normalized spacial score (nSPS) is 10.4. The minimum Gasteiger partial charge on any atom is -0.508 e. The van der Waals surface area contributed by atoms with Gasteiger partial charge in [-0.1, -0.05) is 6.07 Å². The van der Waals surface area contributed by atoms with Crippen LogP contribution in [0.4, 0.5) is 0 Å². The van der Waals surface area contributed by atoms with Crippen LogP contribution < -0.4 is 0 Å². The summed E-state index contributed by atoms with van der Waals surface area (Å²) in [7, 11) is 0. The van der Waals surface area contributed by atoms with Gasteiger partial charge in [-0.25, -0.2) is 0 Å². The van der Waals surface area contributed by atoms with E-state index in [0.29, 0.717) is 5.75 Å². The molecule has 16 heavy (non-hydrogen) atoms. The number of aromatic hydroxyl groups is 1. The van der Waals surface area contributed by atoms with Crippen molar-refractivity contribution < 1.29 is 5.11 Å². The molecule has 0 radical (unpaired) electrons. The summed E-state index contributed by atoms with van der Waals surface area (Å²) in [6.07, 6.45) is 1.76. The highest BCUT2D eigenvalue weighted by Gasteiger charge is 2.09. The Bertz CT molecular complexity index is 515. The van der Waals surface area contributed by atoms with Crippen molar-refractivity contribution in [3.05, 3.63) is 41.2 Å². The maximum atomic E-state index is 9.40. The molecule has 82 valence electrons. The molecule has 0 bridgehead atoms. The Morgan fingerprint density at radius 1 is 1.06 bits per heavy atom. The van der Waals surface area contributed by atoms with Crippen LogP contribution in [-0.2, 0) is 0 Å². The molecule has 1 aromatic heterocycles. The zero-order valence-corrected chi connectivity index (χ0v) is 9.65. The monoisotopic (exact) mass is 214 g/mol. The third kappa shape index (κ3) is 1.76. The van der Waals surface area contributed by atoms with Crippen LogP contribution in [0.3, 0.4) is 0 Å². The van der Waals surface area contributed by atoms with Gasteiger partial charge in [0, 0.05) is 5.56 Å². The van der Waals surface area contributed by atoms with Gasteiger partial charge in [0.25, 0.3) is 0 Å². The lowest BCUT2D eigenvalue weighted by Gasteiger charge is -2.11. The average molecular weight is 214 g/mol. The Labute approximate surface area is 94.8 Å². The summed E-state index contributed by atoms with van der Waals surface area (Å²) in [4.78, 5) is 0. The van der Waals surface area contributed by atoms with Crippen molar-refractivity contribution >= 4 is 0 Å². The zero-order chi connectivity index (χ0) is 11.7. The first-order valence-corrected chi connectivity index (χ1v) is 5.18. The number of aryl methyl sites for hydroxylation is 3. The van der Waals surface area contributed by atoms with Crippen LogP contribution in [0, 0.1) is 20.8 Å². The fraction of sp³-hybridized carbons (Fsp3) is 0.231. The predicted octanol–water partition coefficient (Wildman–Crippen LogP) is 2.77. The van der Waals surface area contributed by atoms with Crippen molar-refractivity contribution in [3.8, 4) is 16.9 Å². The topological polar surface area (TPSA) is 46.0 Å². The highest BCUT2D eigenvalue weighted by molar-refractivity contribution is 5.72. The van der Waals surface area contributed by atoms with E-state index in [1.54, 1.807) is 18.3 Å². The third-order valence-corrected chi connectivity index (χ3v) is 2.69. The lowest BCUT2D eigenvalue weighted by Crippen LogP contribution is -1.95. The van der Waals surface area contributed by atoms with Crippen molar-refractivity contribution in [1.29, 1.82) is 0 Å². The van der Waals surface area contributed by atoms with Crippen LogP contribution in [0.25, 0.3) is 11.1 Å². The third-order valence-electron chi connectivity index (χ3n) is 2.69. The van der Waals surface area contributed by atoms with Crippen molar-refractivity contribution in [2.75, 3.05) is 0 Å². The summed E-state index contributed by atoms with van der Waals surface area (Å²) >= 11 is 0. The Morgan fingerprint density at radius 3 is 2.44 bits per heavy atom. The van der Waals surface area contributed by atoms with Crippen LogP contribution in [0.1, 0.15) is 16.8 Å². The van der Waals surface area contributed by atoms with Crippen molar-refractivity contribution in [2.45, 2.75) is 20.8 Å². The number of rotatable bonds is 1.